The minimum absolute atomic E-state index is 0.0556. The molecule has 1 amide bonds. The fourth-order valence-electron chi connectivity index (χ4n) is 3.39. The second kappa shape index (κ2) is 4.67. The Kier molecular flexibility index (Phi) is 3.06. The van der Waals surface area contributed by atoms with Gasteiger partial charge in [-0.3, -0.25) is 4.79 Å². The number of rotatable bonds is 2. The standard InChI is InChI=1S/C15H18N4O2/c1-8-4-11-10(5-9(21-11)7-17-19-16)13-14(8)18-12(20)6-15(13,2)3/h4,9H,5-7H2,1-3H3,(H,18,20). The summed E-state index contributed by atoms with van der Waals surface area (Å²) in [7, 11) is 0. The van der Waals surface area contributed by atoms with Gasteiger partial charge in [0.05, 0.1) is 6.54 Å². The van der Waals surface area contributed by atoms with Gasteiger partial charge in [0.1, 0.15) is 11.9 Å². The predicted octanol–water partition coefficient (Wildman–Crippen LogP) is 3.23. The van der Waals surface area contributed by atoms with E-state index in [1.807, 2.05) is 13.0 Å². The molecular weight excluding hydrogens is 268 g/mol. The average molecular weight is 286 g/mol. The quantitative estimate of drug-likeness (QED) is 0.514. The third-order valence-corrected chi connectivity index (χ3v) is 4.21. The summed E-state index contributed by atoms with van der Waals surface area (Å²) in [5.74, 6) is 0.911. The zero-order valence-corrected chi connectivity index (χ0v) is 12.4. The van der Waals surface area contributed by atoms with Gasteiger partial charge in [0.25, 0.3) is 0 Å². The Morgan fingerprint density at radius 2 is 2.33 bits per heavy atom. The molecule has 1 N–H and O–H groups in total. The molecule has 1 atom stereocenters. The van der Waals surface area contributed by atoms with Crippen LogP contribution in [0.15, 0.2) is 11.2 Å². The van der Waals surface area contributed by atoms with E-state index in [4.69, 9.17) is 10.3 Å². The van der Waals surface area contributed by atoms with Crippen LogP contribution in [-0.2, 0) is 16.6 Å². The first-order valence-electron chi connectivity index (χ1n) is 7.06. The van der Waals surface area contributed by atoms with Crippen molar-refractivity contribution in [1.29, 1.82) is 0 Å². The number of ether oxygens (including phenoxy) is 1. The molecule has 0 fully saturated rings. The van der Waals surface area contributed by atoms with E-state index in [1.165, 1.54) is 5.56 Å². The van der Waals surface area contributed by atoms with Crippen molar-refractivity contribution in [3.8, 4) is 5.75 Å². The number of fused-ring (bicyclic) bond motifs is 3. The highest BCUT2D eigenvalue weighted by atomic mass is 16.5. The Morgan fingerprint density at radius 1 is 1.57 bits per heavy atom. The molecule has 1 aromatic carbocycles. The van der Waals surface area contributed by atoms with Gasteiger partial charge in [0.2, 0.25) is 5.91 Å². The lowest BCUT2D eigenvalue weighted by Crippen LogP contribution is -2.34. The van der Waals surface area contributed by atoms with Crippen LogP contribution in [0.3, 0.4) is 0 Å². The van der Waals surface area contributed by atoms with E-state index < -0.39 is 0 Å². The number of hydrogen-bond donors (Lipinski definition) is 1. The van der Waals surface area contributed by atoms with Gasteiger partial charge in [-0.1, -0.05) is 19.0 Å². The summed E-state index contributed by atoms with van der Waals surface area (Å²) in [6.45, 7) is 6.48. The third kappa shape index (κ3) is 2.21. The molecule has 6 heteroatoms. The van der Waals surface area contributed by atoms with Crippen molar-refractivity contribution >= 4 is 11.6 Å². The number of nitrogens with zero attached hydrogens (tertiary/aromatic N) is 3. The average Bonchev–Trinajstić information content (AvgIpc) is 2.77. The highest BCUT2D eigenvalue weighted by Gasteiger charge is 2.39. The van der Waals surface area contributed by atoms with Crippen LogP contribution in [0.25, 0.3) is 10.4 Å². The van der Waals surface area contributed by atoms with E-state index in [1.54, 1.807) is 0 Å². The van der Waals surface area contributed by atoms with Crippen LogP contribution < -0.4 is 10.1 Å². The van der Waals surface area contributed by atoms with E-state index >= 15 is 0 Å². The molecule has 0 saturated carbocycles. The maximum atomic E-state index is 11.9. The number of carbonyl (C=O) groups excluding carboxylic acids is 1. The third-order valence-electron chi connectivity index (χ3n) is 4.21. The number of nitrogens with one attached hydrogen (secondary N) is 1. The molecule has 0 spiro atoms. The van der Waals surface area contributed by atoms with Crippen molar-refractivity contribution in [2.45, 2.75) is 45.1 Å². The predicted molar refractivity (Wildman–Crippen MR) is 79.6 cm³/mol. The van der Waals surface area contributed by atoms with Crippen molar-refractivity contribution in [2.24, 2.45) is 5.11 Å². The van der Waals surface area contributed by atoms with E-state index in [0.29, 0.717) is 13.0 Å². The van der Waals surface area contributed by atoms with Gasteiger partial charge in [0, 0.05) is 34.4 Å². The fraction of sp³-hybridized carbons (Fsp3) is 0.533. The zero-order chi connectivity index (χ0) is 15.2. The van der Waals surface area contributed by atoms with Crippen LogP contribution in [0.2, 0.25) is 0 Å². The lowest BCUT2D eigenvalue weighted by Gasteiger charge is -2.34. The molecule has 0 radical (unpaired) electrons. The molecular formula is C15H18N4O2. The Bertz CT molecular complexity index is 675. The van der Waals surface area contributed by atoms with E-state index in [-0.39, 0.29) is 17.4 Å². The van der Waals surface area contributed by atoms with Gasteiger partial charge in [-0.2, -0.15) is 0 Å². The Morgan fingerprint density at radius 3 is 3.05 bits per heavy atom. The monoisotopic (exact) mass is 286 g/mol. The molecule has 1 unspecified atom stereocenters. The second-order valence-electron chi connectivity index (χ2n) is 6.39. The van der Waals surface area contributed by atoms with Crippen LogP contribution in [0.4, 0.5) is 5.69 Å². The zero-order valence-electron chi connectivity index (χ0n) is 12.4. The number of benzene rings is 1. The first kappa shape index (κ1) is 13.8. The molecule has 3 rings (SSSR count). The van der Waals surface area contributed by atoms with Crippen molar-refractivity contribution < 1.29 is 9.53 Å². The number of anilines is 1. The van der Waals surface area contributed by atoms with Gasteiger partial charge in [-0.25, -0.2) is 0 Å². The van der Waals surface area contributed by atoms with Gasteiger partial charge in [-0.05, 0) is 29.6 Å². The lowest BCUT2D eigenvalue weighted by molar-refractivity contribution is -0.117. The molecule has 2 heterocycles. The number of azide groups is 1. The SMILES string of the molecule is Cc1cc2c(c3c1NC(=O)CC3(C)C)CC(CN=[N+]=[N-])O2. The van der Waals surface area contributed by atoms with Gasteiger partial charge in [0.15, 0.2) is 0 Å². The van der Waals surface area contributed by atoms with Crippen LogP contribution >= 0.6 is 0 Å². The first-order valence-corrected chi connectivity index (χ1v) is 7.06. The summed E-state index contributed by atoms with van der Waals surface area (Å²) >= 11 is 0. The van der Waals surface area contributed by atoms with Crippen molar-refractivity contribution in [3.63, 3.8) is 0 Å². The van der Waals surface area contributed by atoms with Gasteiger partial charge in [-0.15, -0.1) is 0 Å². The largest absolute Gasteiger partial charge is 0.490 e. The molecule has 2 aliphatic rings. The van der Waals surface area contributed by atoms with Crippen LogP contribution in [-0.4, -0.2) is 18.6 Å². The van der Waals surface area contributed by atoms with E-state index in [2.05, 4.69) is 29.2 Å². The van der Waals surface area contributed by atoms with Gasteiger partial charge < -0.3 is 10.1 Å². The maximum absolute atomic E-state index is 11.9. The molecule has 110 valence electrons. The van der Waals surface area contributed by atoms with Crippen molar-refractivity contribution in [1.82, 2.24) is 0 Å². The Hall–Kier alpha value is -2.20. The maximum Gasteiger partial charge on any atom is 0.225 e. The molecule has 2 aliphatic heterocycles. The summed E-state index contributed by atoms with van der Waals surface area (Å²) < 4.78 is 5.90. The number of carbonyl (C=O) groups is 1. The lowest BCUT2D eigenvalue weighted by atomic mass is 9.74. The molecule has 0 bridgehead atoms. The number of hydrogen-bond acceptors (Lipinski definition) is 3. The molecule has 0 aromatic heterocycles. The van der Waals surface area contributed by atoms with Crippen LogP contribution in [0.1, 0.15) is 37.0 Å². The summed E-state index contributed by atoms with van der Waals surface area (Å²) in [5.41, 5.74) is 12.5. The molecule has 21 heavy (non-hydrogen) atoms. The highest BCUT2D eigenvalue weighted by molar-refractivity contribution is 5.97. The topological polar surface area (TPSA) is 87.1 Å². The Balaban J connectivity index is 2.09. The summed E-state index contributed by atoms with van der Waals surface area (Å²) in [6, 6.07) is 1.96. The summed E-state index contributed by atoms with van der Waals surface area (Å²) in [5, 5.41) is 6.60. The van der Waals surface area contributed by atoms with Crippen LogP contribution in [0.5, 0.6) is 5.75 Å². The molecule has 1 aromatic rings. The summed E-state index contributed by atoms with van der Waals surface area (Å²) in [6.07, 6.45) is 1.07. The Labute approximate surface area is 123 Å². The highest BCUT2D eigenvalue weighted by Crippen LogP contribution is 2.47. The minimum atomic E-state index is -0.218. The van der Waals surface area contributed by atoms with Gasteiger partial charge >= 0.3 is 0 Å². The number of amides is 1. The van der Waals surface area contributed by atoms with Crippen LogP contribution in [0, 0.1) is 6.92 Å². The van der Waals surface area contributed by atoms with E-state index in [9.17, 15) is 4.79 Å². The number of aryl methyl sites for hydroxylation is 1. The summed E-state index contributed by atoms with van der Waals surface area (Å²) in [4.78, 5) is 14.7. The minimum Gasteiger partial charge on any atom is -0.490 e. The molecule has 0 saturated heterocycles. The second-order valence-corrected chi connectivity index (χ2v) is 6.39. The fourth-order valence-corrected chi connectivity index (χ4v) is 3.39. The normalized spacial score (nSPS) is 21.7. The van der Waals surface area contributed by atoms with Crippen molar-refractivity contribution in [3.05, 3.63) is 33.2 Å². The molecule has 0 aliphatic carbocycles. The van der Waals surface area contributed by atoms with Crippen molar-refractivity contribution in [2.75, 3.05) is 11.9 Å². The smallest absolute Gasteiger partial charge is 0.225 e. The van der Waals surface area contributed by atoms with E-state index in [0.717, 1.165) is 29.0 Å². The first-order chi connectivity index (χ1) is 9.92. The molecule has 6 nitrogen and oxygen atoms in total.